The fourth-order valence-corrected chi connectivity index (χ4v) is 2.25. The number of anilines is 1. The van der Waals surface area contributed by atoms with Gasteiger partial charge in [-0.3, -0.25) is 4.79 Å². The summed E-state index contributed by atoms with van der Waals surface area (Å²) in [4.78, 5) is 12.4. The summed E-state index contributed by atoms with van der Waals surface area (Å²) >= 11 is 0. The number of allylic oxidation sites excluding steroid dienone is 1. The summed E-state index contributed by atoms with van der Waals surface area (Å²) in [6.07, 6.45) is 3.12. The molecule has 0 radical (unpaired) electrons. The summed E-state index contributed by atoms with van der Waals surface area (Å²) in [6.45, 7) is 3.58. The predicted octanol–water partition coefficient (Wildman–Crippen LogP) is 4.01. The van der Waals surface area contributed by atoms with Gasteiger partial charge in [-0.25, -0.2) is 0 Å². The quantitative estimate of drug-likeness (QED) is 0.865. The van der Waals surface area contributed by atoms with Crippen LogP contribution in [0.25, 0.3) is 6.08 Å². The van der Waals surface area contributed by atoms with Crippen molar-refractivity contribution in [2.75, 3.05) is 12.4 Å². The Kier molecular flexibility index (Phi) is 6.19. The first kappa shape index (κ1) is 18.1. The lowest BCUT2D eigenvalue weighted by Gasteiger charge is -2.17. The largest absolute Gasteiger partial charge is 0.493 e. The van der Waals surface area contributed by atoms with E-state index in [1.807, 2.05) is 37.3 Å². The number of nitrogens with one attached hydrogen (secondary N) is 1. The maximum absolute atomic E-state index is 12.4. The van der Waals surface area contributed by atoms with Crippen LogP contribution in [-0.4, -0.2) is 19.1 Å². The number of ether oxygens (including phenoxy) is 2. The third kappa shape index (κ3) is 4.61. The van der Waals surface area contributed by atoms with E-state index in [1.54, 1.807) is 44.4 Å². The molecule has 0 aliphatic heterocycles. The van der Waals surface area contributed by atoms with Gasteiger partial charge in [-0.2, -0.15) is 5.26 Å². The van der Waals surface area contributed by atoms with Crippen molar-refractivity contribution >= 4 is 17.7 Å². The minimum absolute atomic E-state index is 0.345. The Morgan fingerprint density at radius 3 is 2.68 bits per heavy atom. The number of carbonyl (C=O) groups is 1. The highest BCUT2D eigenvalue weighted by Gasteiger charge is 2.18. The molecule has 5 nitrogen and oxygen atoms in total. The molecule has 0 aliphatic carbocycles. The average molecular weight is 336 g/mol. The molecule has 1 amide bonds. The highest BCUT2D eigenvalue weighted by Crippen LogP contribution is 2.29. The number of nitrogens with zero attached hydrogens (tertiary/aromatic N) is 1. The van der Waals surface area contributed by atoms with E-state index in [4.69, 9.17) is 14.7 Å². The zero-order chi connectivity index (χ0) is 18.2. The number of rotatable bonds is 6. The van der Waals surface area contributed by atoms with Crippen LogP contribution < -0.4 is 14.8 Å². The standard InChI is InChI=1S/C20H20N2O3/c1-4-7-15-10-11-18(19(12-15)24-3)25-14(2)20(23)22-17-9-6-5-8-16(17)13-21/h4-12,14H,1-3H3,(H,22,23)/b7-4+/t14-/m0/s1. The molecule has 0 saturated carbocycles. The first-order valence-corrected chi connectivity index (χ1v) is 7.86. The van der Waals surface area contributed by atoms with Crippen molar-refractivity contribution < 1.29 is 14.3 Å². The van der Waals surface area contributed by atoms with E-state index in [9.17, 15) is 4.79 Å². The first-order valence-electron chi connectivity index (χ1n) is 7.86. The van der Waals surface area contributed by atoms with Crippen molar-refractivity contribution in [2.45, 2.75) is 20.0 Å². The van der Waals surface area contributed by atoms with Crippen molar-refractivity contribution in [3.63, 3.8) is 0 Å². The lowest BCUT2D eigenvalue weighted by atomic mass is 10.2. The van der Waals surface area contributed by atoms with Crippen LogP contribution in [-0.2, 0) is 4.79 Å². The van der Waals surface area contributed by atoms with E-state index in [1.165, 1.54) is 0 Å². The molecule has 0 aromatic heterocycles. The van der Waals surface area contributed by atoms with Crippen LogP contribution in [0.4, 0.5) is 5.69 Å². The summed E-state index contributed by atoms with van der Waals surface area (Å²) in [6, 6.07) is 14.3. The molecule has 0 spiro atoms. The van der Waals surface area contributed by atoms with Crippen LogP contribution in [0.3, 0.4) is 0 Å². The molecule has 0 heterocycles. The number of nitriles is 1. The highest BCUT2D eigenvalue weighted by atomic mass is 16.5. The van der Waals surface area contributed by atoms with Crippen molar-refractivity contribution in [1.29, 1.82) is 5.26 Å². The molecule has 1 N–H and O–H groups in total. The maximum Gasteiger partial charge on any atom is 0.265 e. The summed E-state index contributed by atoms with van der Waals surface area (Å²) in [5, 5.41) is 11.8. The van der Waals surface area contributed by atoms with Gasteiger partial charge >= 0.3 is 0 Å². The number of hydrogen-bond acceptors (Lipinski definition) is 4. The molecule has 0 bridgehead atoms. The topological polar surface area (TPSA) is 71.3 Å². The molecule has 2 aromatic carbocycles. The molecule has 2 rings (SSSR count). The lowest BCUT2D eigenvalue weighted by molar-refractivity contribution is -0.122. The van der Waals surface area contributed by atoms with Gasteiger partial charge in [0.05, 0.1) is 18.4 Å². The summed E-state index contributed by atoms with van der Waals surface area (Å²) in [5.41, 5.74) is 1.84. The van der Waals surface area contributed by atoms with Crippen molar-refractivity contribution in [2.24, 2.45) is 0 Å². The van der Waals surface area contributed by atoms with Crippen LogP contribution in [0.5, 0.6) is 11.5 Å². The third-order valence-electron chi connectivity index (χ3n) is 3.53. The number of benzene rings is 2. The zero-order valence-corrected chi connectivity index (χ0v) is 14.4. The Morgan fingerprint density at radius 2 is 2.00 bits per heavy atom. The second kappa shape index (κ2) is 8.55. The van der Waals surface area contributed by atoms with E-state index >= 15 is 0 Å². The molecule has 5 heteroatoms. The summed E-state index contributed by atoms with van der Waals surface area (Å²) in [7, 11) is 1.55. The molecule has 0 unspecified atom stereocenters. The highest BCUT2D eigenvalue weighted by molar-refractivity contribution is 5.95. The molecule has 0 fully saturated rings. The van der Waals surface area contributed by atoms with Crippen LogP contribution in [0.15, 0.2) is 48.5 Å². The SMILES string of the molecule is C/C=C/c1ccc(O[C@@H](C)C(=O)Nc2ccccc2C#N)c(OC)c1. The zero-order valence-electron chi connectivity index (χ0n) is 14.4. The van der Waals surface area contributed by atoms with Crippen LogP contribution in [0, 0.1) is 11.3 Å². The fourth-order valence-electron chi connectivity index (χ4n) is 2.25. The minimum atomic E-state index is -0.756. The van der Waals surface area contributed by atoms with Gasteiger partial charge in [0.1, 0.15) is 6.07 Å². The Labute approximate surface area is 147 Å². The van der Waals surface area contributed by atoms with E-state index in [0.29, 0.717) is 22.7 Å². The van der Waals surface area contributed by atoms with Crippen molar-refractivity contribution in [1.82, 2.24) is 0 Å². The van der Waals surface area contributed by atoms with Crippen molar-refractivity contribution in [3.8, 4) is 17.6 Å². The van der Waals surface area contributed by atoms with Gasteiger partial charge < -0.3 is 14.8 Å². The van der Waals surface area contributed by atoms with Gasteiger partial charge in [0.2, 0.25) is 0 Å². The molecule has 2 aromatic rings. The van der Waals surface area contributed by atoms with Gasteiger partial charge in [0.25, 0.3) is 5.91 Å². The van der Waals surface area contributed by atoms with E-state index in [2.05, 4.69) is 5.32 Å². The molecule has 128 valence electrons. The Balaban J connectivity index is 2.12. The van der Waals surface area contributed by atoms with Crippen LogP contribution in [0.1, 0.15) is 25.0 Å². The van der Waals surface area contributed by atoms with Gasteiger partial charge in [0.15, 0.2) is 17.6 Å². The minimum Gasteiger partial charge on any atom is -0.493 e. The maximum atomic E-state index is 12.4. The van der Waals surface area contributed by atoms with E-state index in [-0.39, 0.29) is 5.91 Å². The lowest BCUT2D eigenvalue weighted by Crippen LogP contribution is -2.30. The second-order valence-electron chi connectivity index (χ2n) is 5.32. The van der Waals surface area contributed by atoms with E-state index < -0.39 is 6.10 Å². The molecule has 1 atom stereocenters. The number of para-hydroxylation sites is 1. The number of hydrogen-bond donors (Lipinski definition) is 1. The normalized spacial score (nSPS) is 11.6. The average Bonchev–Trinajstić information content (AvgIpc) is 2.63. The fraction of sp³-hybridized carbons (Fsp3) is 0.200. The Morgan fingerprint density at radius 1 is 1.24 bits per heavy atom. The monoisotopic (exact) mass is 336 g/mol. The van der Waals surface area contributed by atoms with Crippen molar-refractivity contribution in [3.05, 3.63) is 59.7 Å². The van der Waals surface area contributed by atoms with Gasteiger partial charge in [-0.1, -0.05) is 30.4 Å². The number of methoxy groups -OCH3 is 1. The van der Waals surface area contributed by atoms with E-state index in [0.717, 1.165) is 5.56 Å². The third-order valence-corrected chi connectivity index (χ3v) is 3.53. The predicted molar refractivity (Wildman–Crippen MR) is 97.6 cm³/mol. The Hall–Kier alpha value is -3.26. The first-order chi connectivity index (χ1) is 12.1. The van der Waals surface area contributed by atoms with Gasteiger partial charge in [0, 0.05) is 0 Å². The smallest absolute Gasteiger partial charge is 0.265 e. The van der Waals surface area contributed by atoms with Crippen LogP contribution in [0.2, 0.25) is 0 Å². The molecular weight excluding hydrogens is 316 g/mol. The summed E-state index contributed by atoms with van der Waals surface area (Å²) in [5.74, 6) is 0.682. The van der Waals surface area contributed by atoms with Crippen LogP contribution >= 0.6 is 0 Å². The second-order valence-corrected chi connectivity index (χ2v) is 5.32. The molecular formula is C20H20N2O3. The molecule has 25 heavy (non-hydrogen) atoms. The van der Waals surface area contributed by atoms with Gasteiger partial charge in [-0.15, -0.1) is 0 Å². The molecule has 0 saturated heterocycles. The molecule has 0 aliphatic rings. The number of carbonyl (C=O) groups excluding carboxylic acids is 1. The number of amides is 1. The van der Waals surface area contributed by atoms with Gasteiger partial charge in [-0.05, 0) is 43.7 Å². The Bertz CT molecular complexity index is 822. The summed E-state index contributed by atoms with van der Waals surface area (Å²) < 4.78 is 11.1.